The van der Waals surface area contributed by atoms with Gasteiger partial charge in [0, 0.05) is 0 Å². The van der Waals surface area contributed by atoms with Crippen LogP contribution in [0, 0.1) is 0 Å². The summed E-state index contributed by atoms with van der Waals surface area (Å²) in [4.78, 5) is 0. The van der Waals surface area contributed by atoms with Gasteiger partial charge in [0.05, 0.1) is 0 Å². The summed E-state index contributed by atoms with van der Waals surface area (Å²) < 4.78 is 5.96. The summed E-state index contributed by atoms with van der Waals surface area (Å²) in [6.07, 6.45) is 1.84. The molecule has 0 amide bonds. The van der Waals surface area contributed by atoms with Gasteiger partial charge in [0.15, 0.2) is 0 Å². The fraction of sp³-hybridized carbons (Fsp3) is 0.333. The molecule has 0 N–H and O–H groups in total. The second-order valence-corrected chi connectivity index (χ2v) is 8.42. The molecule has 0 aromatic heterocycles. The van der Waals surface area contributed by atoms with Crippen LogP contribution in [0.4, 0.5) is 0 Å². The predicted molar refractivity (Wildman–Crippen MR) is 65.1 cm³/mol. The zero-order chi connectivity index (χ0) is 10.6. The average Bonchev–Trinajstić information content (AvgIpc) is 2.19. The number of hydrogen-bond donors (Lipinski definition) is 0. The number of benzene rings is 1. The standard InChI is InChI=1S/C12H18OSi/c1-5-11-7-9-12(10-8-11)13-14(3,4)6-2/h5,7-10H,1,6H2,2-4H3. The molecule has 0 bridgehead atoms. The van der Waals surface area contributed by atoms with Gasteiger partial charge in [-0.25, -0.2) is 0 Å². The van der Waals surface area contributed by atoms with Crippen molar-refractivity contribution in [2.45, 2.75) is 26.1 Å². The van der Waals surface area contributed by atoms with Crippen LogP contribution < -0.4 is 4.43 Å². The van der Waals surface area contributed by atoms with Crippen molar-refractivity contribution in [1.82, 2.24) is 0 Å². The van der Waals surface area contributed by atoms with Crippen molar-refractivity contribution in [3.8, 4) is 5.75 Å². The molecule has 1 rings (SSSR count). The molecule has 0 aliphatic heterocycles. The van der Waals surface area contributed by atoms with E-state index in [1.165, 1.54) is 0 Å². The molecule has 2 heteroatoms. The van der Waals surface area contributed by atoms with Crippen molar-refractivity contribution < 1.29 is 4.43 Å². The molecule has 0 aliphatic rings. The SMILES string of the molecule is C=Cc1ccc(O[Si](C)(C)CC)cc1. The fourth-order valence-electron chi connectivity index (χ4n) is 1.06. The van der Waals surface area contributed by atoms with Crippen LogP contribution in [0.3, 0.4) is 0 Å². The van der Waals surface area contributed by atoms with Crippen LogP contribution in [-0.4, -0.2) is 8.32 Å². The summed E-state index contributed by atoms with van der Waals surface area (Å²) in [5.74, 6) is 0.981. The molecule has 1 nitrogen and oxygen atoms in total. The molecule has 0 spiro atoms. The Kier molecular flexibility index (Phi) is 3.53. The molecule has 1 aromatic carbocycles. The van der Waals surface area contributed by atoms with Crippen molar-refractivity contribution in [2.75, 3.05) is 0 Å². The zero-order valence-electron chi connectivity index (χ0n) is 9.21. The van der Waals surface area contributed by atoms with Gasteiger partial charge in [0.25, 0.3) is 0 Å². The normalized spacial score (nSPS) is 11.1. The Balaban J connectivity index is 2.73. The molecule has 0 heterocycles. The van der Waals surface area contributed by atoms with E-state index in [2.05, 4.69) is 26.6 Å². The smallest absolute Gasteiger partial charge is 0.244 e. The summed E-state index contributed by atoms with van der Waals surface area (Å²) >= 11 is 0. The van der Waals surface area contributed by atoms with Gasteiger partial charge in [-0.1, -0.05) is 31.7 Å². The second kappa shape index (κ2) is 4.47. The van der Waals surface area contributed by atoms with Gasteiger partial charge in [-0.05, 0) is 36.8 Å². The zero-order valence-corrected chi connectivity index (χ0v) is 10.2. The van der Waals surface area contributed by atoms with E-state index in [4.69, 9.17) is 4.43 Å². The molecule has 0 fully saturated rings. The van der Waals surface area contributed by atoms with Gasteiger partial charge in [0.1, 0.15) is 5.75 Å². The molecule has 0 saturated heterocycles. The van der Waals surface area contributed by atoms with Crippen molar-refractivity contribution in [2.24, 2.45) is 0 Å². The minimum atomic E-state index is -1.47. The lowest BCUT2D eigenvalue weighted by Gasteiger charge is -2.22. The number of rotatable bonds is 4. The lowest BCUT2D eigenvalue weighted by Crippen LogP contribution is -2.32. The van der Waals surface area contributed by atoms with Gasteiger partial charge >= 0.3 is 0 Å². The first-order chi connectivity index (χ1) is 6.57. The first-order valence-corrected chi connectivity index (χ1v) is 8.10. The highest BCUT2D eigenvalue weighted by Crippen LogP contribution is 2.19. The maximum atomic E-state index is 5.96. The van der Waals surface area contributed by atoms with Crippen molar-refractivity contribution in [3.05, 3.63) is 36.4 Å². The van der Waals surface area contributed by atoms with Crippen LogP contribution in [-0.2, 0) is 0 Å². The number of hydrogen-bond acceptors (Lipinski definition) is 1. The molecule has 0 aliphatic carbocycles. The van der Waals surface area contributed by atoms with E-state index in [0.29, 0.717) is 0 Å². The fourth-order valence-corrected chi connectivity index (χ4v) is 1.98. The van der Waals surface area contributed by atoms with Crippen LogP contribution in [0.1, 0.15) is 12.5 Å². The predicted octanol–water partition coefficient (Wildman–Crippen LogP) is 3.93. The summed E-state index contributed by atoms with van der Waals surface area (Å²) in [6.45, 7) is 10.4. The summed E-state index contributed by atoms with van der Waals surface area (Å²) in [5, 5.41) is 0. The van der Waals surface area contributed by atoms with Gasteiger partial charge in [0.2, 0.25) is 8.32 Å². The minimum Gasteiger partial charge on any atom is -0.544 e. The Morgan fingerprint density at radius 3 is 2.29 bits per heavy atom. The molecule has 0 unspecified atom stereocenters. The van der Waals surface area contributed by atoms with Crippen LogP contribution >= 0.6 is 0 Å². The highest BCUT2D eigenvalue weighted by molar-refractivity contribution is 6.71. The lowest BCUT2D eigenvalue weighted by molar-refractivity contribution is 0.549. The first-order valence-electron chi connectivity index (χ1n) is 4.99. The van der Waals surface area contributed by atoms with E-state index in [-0.39, 0.29) is 0 Å². The molecular formula is C12H18OSi. The Morgan fingerprint density at radius 2 is 1.86 bits per heavy atom. The molecule has 0 radical (unpaired) electrons. The molecule has 1 aromatic rings. The van der Waals surface area contributed by atoms with E-state index >= 15 is 0 Å². The molecule has 0 atom stereocenters. The Bertz CT molecular complexity index is 301. The van der Waals surface area contributed by atoms with Crippen LogP contribution in [0.2, 0.25) is 19.1 Å². The minimum absolute atomic E-state index is 0.981. The maximum Gasteiger partial charge on any atom is 0.244 e. The highest BCUT2D eigenvalue weighted by Gasteiger charge is 2.20. The largest absolute Gasteiger partial charge is 0.544 e. The van der Waals surface area contributed by atoms with E-state index in [1.54, 1.807) is 0 Å². The van der Waals surface area contributed by atoms with Crippen LogP contribution in [0.25, 0.3) is 6.08 Å². The summed E-state index contributed by atoms with van der Waals surface area (Å²) in [5.41, 5.74) is 1.13. The van der Waals surface area contributed by atoms with Crippen LogP contribution in [0.15, 0.2) is 30.8 Å². The van der Waals surface area contributed by atoms with Gasteiger partial charge in [-0.2, -0.15) is 0 Å². The maximum absolute atomic E-state index is 5.96. The molecular weight excluding hydrogens is 188 g/mol. The van der Waals surface area contributed by atoms with Gasteiger partial charge < -0.3 is 4.43 Å². The van der Waals surface area contributed by atoms with Crippen molar-refractivity contribution in [3.63, 3.8) is 0 Å². The van der Waals surface area contributed by atoms with E-state index < -0.39 is 8.32 Å². The van der Waals surface area contributed by atoms with Gasteiger partial charge in [-0.3, -0.25) is 0 Å². The third-order valence-electron chi connectivity index (χ3n) is 2.36. The van der Waals surface area contributed by atoms with Gasteiger partial charge in [-0.15, -0.1) is 0 Å². The Hall–Kier alpha value is -1.02. The van der Waals surface area contributed by atoms with E-state index in [1.807, 2.05) is 30.3 Å². The second-order valence-electron chi connectivity index (χ2n) is 3.99. The van der Waals surface area contributed by atoms with E-state index in [0.717, 1.165) is 17.4 Å². The van der Waals surface area contributed by atoms with E-state index in [9.17, 15) is 0 Å². The highest BCUT2D eigenvalue weighted by atomic mass is 28.4. The lowest BCUT2D eigenvalue weighted by atomic mass is 10.2. The molecule has 14 heavy (non-hydrogen) atoms. The summed E-state index contributed by atoms with van der Waals surface area (Å²) in [6, 6.07) is 9.23. The Morgan fingerprint density at radius 1 is 1.29 bits per heavy atom. The molecule has 0 saturated carbocycles. The average molecular weight is 206 g/mol. The Labute approximate surface area is 87.5 Å². The summed E-state index contributed by atoms with van der Waals surface area (Å²) in [7, 11) is -1.47. The topological polar surface area (TPSA) is 9.23 Å². The third kappa shape index (κ3) is 3.03. The quantitative estimate of drug-likeness (QED) is 0.678. The van der Waals surface area contributed by atoms with Crippen molar-refractivity contribution in [1.29, 1.82) is 0 Å². The molecule has 76 valence electrons. The van der Waals surface area contributed by atoms with Crippen molar-refractivity contribution >= 4 is 14.4 Å². The monoisotopic (exact) mass is 206 g/mol. The van der Waals surface area contributed by atoms with Crippen LogP contribution in [0.5, 0.6) is 5.75 Å². The first kappa shape index (κ1) is 11.1. The third-order valence-corrected chi connectivity index (χ3v) is 4.85.